The van der Waals surface area contributed by atoms with Gasteiger partial charge in [-0.2, -0.15) is 0 Å². The van der Waals surface area contributed by atoms with Gasteiger partial charge in [0.15, 0.2) is 0 Å². The fraction of sp³-hybridized carbons (Fsp3) is 0.188. The molecule has 0 fully saturated rings. The van der Waals surface area contributed by atoms with Crippen molar-refractivity contribution in [1.82, 2.24) is 0 Å². The Morgan fingerprint density at radius 3 is 2.71 bits per heavy atom. The minimum Gasteiger partial charge on any atom is -0.488 e. The van der Waals surface area contributed by atoms with Crippen molar-refractivity contribution in [3.63, 3.8) is 0 Å². The van der Waals surface area contributed by atoms with Gasteiger partial charge in [-0.15, -0.1) is 0 Å². The molecule has 0 aliphatic rings. The van der Waals surface area contributed by atoms with Gasteiger partial charge >= 0.3 is 0 Å². The van der Waals surface area contributed by atoms with Crippen LogP contribution in [0.4, 0.5) is 4.39 Å². The van der Waals surface area contributed by atoms with E-state index in [4.69, 9.17) is 9.94 Å². The summed E-state index contributed by atoms with van der Waals surface area (Å²) in [6.45, 7) is 3.87. The fourth-order valence-electron chi connectivity index (χ4n) is 1.96. The van der Waals surface area contributed by atoms with E-state index in [1.54, 1.807) is 13.0 Å². The van der Waals surface area contributed by atoms with E-state index in [9.17, 15) is 4.39 Å². The Labute approximate surface area is 131 Å². The molecule has 0 unspecified atom stereocenters. The minimum atomic E-state index is -0.319. The van der Waals surface area contributed by atoms with E-state index in [1.165, 1.54) is 12.1 Å². The summed E-state index contributed by atoms with van der Waals surface area (Å²) in [5.74, 6) is 0.275. The molecule has 21 heavy (non-hydrogen) atoms. The summed E-state index contributed by atoms with van der Waals surface area (Å²) in [4.78, 5) is 0. The molecule has 0 saturated heterocycles. The Kier molecular flexibility index (Phi) is 4.96. The molecule has 0 atom stereocenters. The van der Waals surface area contributed by atoms with E-state index >= 15 is 0 Å². The maximum Gasteiger partial charge on any atom is 0.128 e. The molecular formula is C16H15BrFNO2. The van der Waals surface area contributed by atoms with Crippen LogP contribution in [0.25, 0.3) is 0 Å². The van der Waals surface area contributed by atoms with Crippen LogP contribution >= 0.6 is 15.9 Å². The SMILES string of the molecule is CC(=NO)c1cc(C)ccc1OCc1cc(F)cc(Br)c1. The number of aryl methyl sites for hydroxylation is 1. The Balaban J connectivity index is 2.23. The van der Waals surface area contributed by atoms with Crippen LogP contribution in [0.2, 0.25) is 0 Å². The summed E-state index contributed by atoms with van der Waals surface area (Å²) in [5, 5.41) is 12.2. The van der Waals surface area contributed by atoms with Gasteiger partial charge in [0.2, 0.25) is 0 Å². The van der Waals surface area contributed by atoms with Crippen molar-refractivity contribution in [2.75, 3.05) is 0 Å². The number of rotatable bonds is 4. The minimum absolute atomic E-state index is 0.227. The number of halogens is 2. The average Bonchev–Trinajstić information content (AvgIpc) is 2.44. The standard InChI is InChI=1S/C16H15BrFNO2/c1-10-3-4-16(15(5-10)11(2)19-20)21-9-12-6-13(17)8-14(18)7-12/h3-8,20H,9H2,1-2H3. The highest BCUT2D eigenvalue weighted by Gasteiger charge is 2.09. The Morgan fingerprint density at radius 2 is 2.05 bits per heavy atom. The lowest BCUT2D eigenvalue weighted by molar-refractivity contribution is 0.302. The summed E-state index contributed by atoms with van der Waals surface area (Å²) in [6, 6.07) is 10.2. The van der Waals surface area contributed by atoms with E-state index in [1.807, 2.05) is 25.1 Å². The molecule has 5 heteroatoms. The normalized spacial score (nSPS) is 11.5. The molecule has 0 aromatic heterocycles. The monoisotopic (exact) mass is 351 g/mol. The molecule has 0 saturated carbocycles. The lowest BCUT2D eigenvalue weighted by atomic mass is 10.1. The highest BCUT2D eigenvalue weighted by molar-refractivity contribution is 9.10. The van der Waals surface area contributed by atoms with E-state index in [0.717, 1.165) is 5.56 Å². The molecule has 0 spiro atoms. The van der Waals surface area contributed by atoms with Gasteiger partial charge in [-0.05, 0) is 49.7 Å². The maximum absolute atomic E-state index is 13.3. The molecule has 0 amide bonds. The van der Waals surface area contributed by atoms with Crippen molar-refractivity contribution in [3.05, 3.63) is 63.4 Å². The number of nitrogens with zero attached hydrogens (tertiary/aromatic N) is 1. The highest BCUT2D eigenvalue weighted by Crippen LogP contribution is 2.23. The van der Waals surface area contributed by atoms with Gasteiger partial charge in [0.05, 0.1) is 5.71 Å². The summed E-state index contributed by atoms with van der Waals surface area (Å²) in [5.41, 5.74) is 2.93. The van der Waals surface area contributed by atoms with Crippen LogP contribution in [-0.4, -0.2) is 10.9 Å². The molecule has 2 rings (SSSR count). The fourth-order valence-corrected chi connectivity index (χ4v) is 2.47. The zero-order chi connectivity index (χ0) is 15.4. The van der Waals surface area contributed by atoms with Crippen molar-refractivity contribution in [2.24, 2.45) is 5.16 Å². The molecule has 0 bridgehead atoms. The average molecular weight is 352 g/mol. The number of hydrogen-bond donors (Lipinski definition) is 1. The highest BCUT2D eigenvalue weighted by atomic mass is 79.9. The van der Waals surface area contributed by atoms with Gasteiger partial charge in [0, 0.05) is 10.0 Å². The van der Waals surface area contributed by atoms with Crippen molar-refractivity contribution >= 4 is 21.6 Å². The maximum atomic E-state index is 13.3. The van der Waals surface area contributed by atoms with Crippen LogP contribution < -0.4 is 4.74 Å². The Hall–Kier alpha value is -1.88. The smallest absolute Gasteiger partial charge is 0.128 e. The molecule has 0 heterocycles. The van der Waals surface area contributed by atoms with E-state index in [-0.39, 0.29) is 12.4 Å². The van der Waals surface area contributed by atoms with E-state index < -0.39 is 0 Å². The van der Waals surface area contributed by atoms with Crippen LogP contribution in [0.15, 0.2) is 46.0 Å². The van der Waals surface area contributed by atoms with E-state index in [0.29, 0.717) is 27.1 Å². The molecule has 2 aromatic carbocycles. The predicted octanol–water partition coefficient (Wildman–Crippen LogP) is 4.67. The van der Waals surface area contributed by atoms with Crippen LogP contribution in [0, 0.1) is 12.7 Å². The second kappa shape index (κ2) is 6.72. The van der Waals surface area contributed by atoms with Crippen LogP contribution in [0.3, 0.4) is 0 Å². The molecule has 0 radical (unpaired) electrons. The molecule has 0 aliphatic carbocycles. The van der Waals surface area contributed by atoms with Crippen LogP contribution in [0.1, 0.15) is 23.6 Å². The number of hydrogen-bond acceptors (Lipinski definition) is 3. The third-order valence-electron chi connectivity index (χ3n) is 2.99. The topological polar surface area (TPSA) is 41.8 Å². The molecule has 0 aliphatic heterocycles. The van der Waals surface area contributed by atoms with Crippen molar-refractivity contribution in [2.45, 2.75) is 20.5 Å². The van der Waals surface area contributed by atoms with E-state index in [2.05, 4.69) is 21.1 Å². The summed E-state index contributed by atoms with van der Waals surface area (Å²) in [6.07, 6.45) is 0. The predicted molar refractivity (Wildman–Crippen MR) is 83.6 cm³/mol. The second-order valence-corrected chi connectivity index (χ2v) is 5.67. The van der Waals surface area contributed by atoms with Gasteiger partial charge in [-0.3, -0.25) is 0 Å². The number of benzene rings is 2. The molecule has 110 valence electrons. The lowest BCUT2D eigenvalue weighted by Crippen LogP contribution is -2.03. The molecule has 3 nitrogen and oxygen atoms in total. The van der Waals surface area contributed by atoms with Gasteiger partial charge < -0.3 is 9.94 Å². The first-order valence-electron chi connectivity index (χ1n) is 6.37. The summed E-state index contributed by atoms with van der Waals surface area (Å²) < 4.78 is 19.7. The van der Waals surface area contributed by atoms with Crippen LogP contribution in [0.5, 0.6) is 5.75 Å². The first kappa shape index (κ1) is 15.5. The Morgan fingerprint density at radius 1 is 1.29 bits per heavy atom. The third kappa shape index (κ3) is 4.04. The first-order chi connectivity index (χ1) is 9.99. The largest absolute Gasteiger partial charge is 0.488 e. The summed E-state index contributed by atoms with van der Waals surface area (Å²) >= 11 is 3.25. The summed E-state index contributed by atoms with van der Waals surface area (Å²) in [7, 11) is 0. The molecular weight excluding hydrogens is 337 g/mol. The lowest BCUT2D eigenvalue weighted by Gasteiger charge is -2.12. The zero-order valence-corrected chi connectivity index (χ0v) is 13.3. The molecule has 1 N–H and O–H groups in total. The van der Waals surface area contributed by atoms with Gasteiger partial charge in [0.1, 0.15) is 18.2 Å². The molecule has 2 aromatic rings. The van der Waals surface area contributed by atoms with Crippen molar-refractivity contribution in [1.29, 1.82) is 0 Å². The van der Waals surface area contributed by atoms with Crippen molar-refractivity contribution in [3.8, 4) is 5.75 Å². The number of ether oxygens (including phenoxy) is 1. The van der Waals surface area contributed by atoms with Gasteiger partial charge in [-0.1, -0.05) is 32.7 Å². The number of oxime groups is 1. The Bertz CT molecular complexity index is 666. The second-order valence-electron chi connectivity index (χ2n) is 4.75. The van der Waals surface area contributed by atoms with Gasteiger partial charge in [-0.25, -0.2) is 4.39 Å². The zero-order valence-electron chi connectivity index (χ0n) is 11.7. The van der Waals surface area contributed by atoms with Gasteiger partial charge in [0.25, 0.3) is 0 Å². The quantitative estimate of drug-likeness (QED) is 0.493. The third-order valence-corrected chi connectivity index (χ3v) is 3.45. The van der Waals surface area contributed by atoms with Crippen molar-refractivity contribution < 1.29 is 14.3 Å². The first-order valence-corrected chi connectivity index (χ1v) is 7.16. The van der Waals surface area contributed by atoms with Crippen LogP contribution in [-0.2, 0) is 6.61 Å².